The molecule has 5 saturated heterocycles. The summed E-state index contributed by atoms with van der Waals surface area (Å²) in [6, 6.07) is 21.6. The van der Waals surface area contributed by atoms with E-state index in [1.54, 1.807) is 31.4 Å². The van der Waals surface area contributed by atoms with Crippen LogP contribution in [0.1, 0.15) is 22.8 Å². The fourth-order valence-corrected chi connectivity index (χ4v) is 18.2. The average Bonchev–Trinajstić information content (AvgIpc) is 4.17. The second-order valence-corrected chi connectivity index (χ2v) is 20.5. The number of benzene rings is 3. The first-order chi connectivity index (χ1) is 30.3. The zero-order valence-electron chi connectivity index (χ0n) is 34.0. The minimum absolute atomic E-state index is 0.338. The van der Waals surface area contributed by atoms with Gasteiger partial charge in [0.15, 0.2) is 0 Å². The molecule has 4 aliphatic carbocycles. The van der Waals surface area contributed by atoms with Crippen LogP contribution in [0.3, 0.4) is 0 Å². The molecule has 322 valence electrons. The maximum absolute atomic E-state index is 16.3. The number of imide groups is 1. The Balaban J connectivity index is 1.07. The molecule has 2 unspecified atom stereocenters. The van der Waals surface area contributed by atoms with E-state index in [1.165, 1.54) is 33.3 Å². The molecule has 14 atom stereocenters. The van der Waals surface area contributed by atoms with Crippen LogP contribution in [0, 0.1) is 34.5 Å². The third kappa shape index (κ3) is 3.21. The highest BCUT2D eigenvalue weighted by atomic mass is 35.5. The van der Waals surface area contributed by atoms with E-state index in [4.69, 9.17) is 99.5 Å². The Morgan fingerprint density at radius 2 is 0.794 bits per heavy atom. The summed E-state index contributed by atoms with van der Waals surface area (Å²) in [5.41, 5.74) is 0.433. The number of nitrogens with zero attached hydrogens (tertiary/aromatic N) is 5. The average molecular weight is 932 g/mol. The highest BCUT2D eigenvalue weighted by molar-refractivity contribution is 6.35. The summed E-state index contributed by atoms with van der Waals surface area (Å²) < 4.78 is 45.8. The Labute approximate surface area is 378 Å². The highest BCUT2D eigenvalue weighted by Crippen LogP contribution is 2.92. The number of hydrogen-bond donors (Lipinski definition) is 0. The van der Waals surface area contributed by atoms with Gasteiger partial charge in [-0.1, -0.05) is 24.3 Å². The van der Waals surface area contributed by atoms with Crippen molar-refractivity contribution >= 4 is 86.0 Å². The predicted molar refractivity (Wildman–Crippen MR) is 224 cm³/mol. The summed E-state index contributed by atoms with van der Waals surface area (Å²) in [6.07, 6.45) is -4.56. The second-order valence-electron chi connectivity index (χ2n) is 18.2. The normalized spacial score (nSPS) is 43.8. The van der Waals surface area contributed by atoms with Crippen molar-refractivity contribution in [1.82, 2.24) is 19.9 Å². The Hall–Kier alpha value is -3.80. The summed E-state index contributed by atoms with van der Waals surface area (Å²) in [7, 11) is 7.46. The van der Waals surface area contributed by atoms with Gasteiger partial charge in [0.05, 0.1) is 82.1 Å². The Bertz CT molecular complexity index is 2680. The molecule has 2 aromatic heterocycles. The van der Waals surface area contributed by atoms with E-state index in [-0.39, 0.29) is 0 Å². The van der Waals surface area contributed by atoms with Gasteiger partial charge in [-0.15, -0.1) is 46.4 Å². The molecule has 8 bridgehead atoms. The first-order valence-electron chi connectivity index (χ1n) is 20.7. The lowest BCUT2D eigenvalue weighted by Crippen LogP contribution is -2.70. The van der Waals surface area contributed by atoms with E-state index in [0.29, 0.717) is 56.3 Å². The van der Waals surface area contributed by atoms with Crippen molar-refractivity contribution < 1.29 is 42.7 Å². The Morgan fingerprint density at radius 1 is 0.492 bits per heavy atom. The standard InChI is InChI=1S/C45H35Cl4N5O9/c1-57-19-16-14-18(15-17-19)54-36(55)38-32-24-25(41(47)29-28(40(24,46)44(41,58-2)59-3)50-20-10-6-7-11-21(20)51-29)33(62-32)39(38,37(54)56)35-27-26(34(38)63-35)42(48)30-31(43(27,49)45(42,60-4)61-5)53-23-13-9-8-12-22(23)52-30/h6-17,24-27,32-35H,1-5H3/t24-,25+,26+,27-,32-,33+,34+,35-,38?,39?,40+,41-,42-,43+. The summed E-state index contributed by atoms with van der Waals surface area (Å²) >= 11 is 32.9. The van der Waals surface area contributed by atoms with Crippen molar-refractivity contribution in [3.63, 3.8) is 0 Å². The van der Waals surface area contributed by atoms with Crippen LogP contribution in [-0.2, 0) is 57.5 Å². The van der Waals surface area contributed by atoms with E-state index in [2.05, 4.69) is 0 Å². The minimum atomic E-state index is -1.80. The molecule has 14 rings (SSSR count). The molecule has 0 N–H and O–H groups in total. The summed E-state index contributed by atoms with van der Waals surface area (Å²) in [5.74, 6) is -7.56. The largest absolute Gasteiger partial charge is 0.497 e. The number of alkyl halides is 4. The molecule has 0 spiro atoms. The smallest absolute Gasteiger partial charge is 0.246 e. The third-order valence-corrected chi connectivity index (χ3v) is 19.7. The number of fused-ring (bicyclic) bond motifs is 26. The van der Waals surface area contributed by atoms with Crippen molar-refractivity contribution in [1.29, 1.82) is 0 Å². The maximum atomic E-state index is 16.3. The number of anilines is 1. The van der Waals surface area contributed by atoms with Gasteiger partial charge in [-0.05, 0) is 48.5 Å². The van der Waals surface area contributed by atoms with Gasteiger partial charge in [0, 0.05) is 52.1 Å². The van der Waals surface area contributed by atoms with Crippen molar-refractivity contribution in [3.05, 3.63) is 95.6 Å². The van der Waals surface area contributed by atoms with Gasteiger partial charge >= 0.3 is 0 Å². The quantitative estimate of drug-likeness (QED) is 0.118. The van der Waals surface area contributed by atoms with E-state index in [9.17, 15) is 0 Å². The number of amides is 2. The van der Waals surface area contributed by atoms with E-state index < -0.39 is 102 Å². The fraction of sp³-hybridized carbons (Fsp3) is 0.467. The van der Waals surface area contributed by atoms with Crippen LogP contribution in [0.4, 0.5) is 5.69 Å². The molecule has 5 aliphatic heterocycles. The number of aromatic nitrogens is 4. The highest BCUT2D eigenvalue weighted by Gasteiger charge is 3.05. The van der Waals surface area contributed by atoms with Gasteiger partial charge in [0.2, 0.25) is 23.4 Å². The molecule has 9 aliphatic rings. The number of carbonyl (C=O) groups is 2. The number of ether oxygens (including phenoxy) is 7. The number of halogens is 4. The maximum Gasteiger partial charge on any atom is 0.246 e. The zero-order chi connectivity index (χ0) is 43.4. The van der Waals surface area contributed by atoms with Crippen molar-refractivity contribution in [2.24, 2.45) is 34.5 Å². The van der Waals surface area contributed by atoms with Crippen LogP contribution in [0.2, 0.25) is 0 Å². The van der Waals surface area contributed by atoms with Crippen LogP contribution < -0.4 is 9.64 Å². The molecule has 0 radical (unpaired) electrons. The first kappa shape index (κ1) is 38.5. The number of methoxy groups -OCH3 is 5. The predicted octanol–water partition coefficient (Wildman–Crippen LogP) is 5.62. The molecular formula is C45H35Cl4N5O9. The first-order valence-corrected chi connectivity index (χ1v) is 22.2. The van der Waals surface area contributed by atoms with Gasteiger partial charge in [-0.2, -0.15) is 0 Å². The molecule has 2 saturated carbocycles. The summed E-state index contributed by atoms with van der Waals surface area (Å²) in [6.45, 7) is 0. The monoisotopic (exact) mass is 929 g/mol. The summed E-state index contributed by atoms with van der Waals surface area (Å²) in [4.78, 5) is 47.5. The topological polar surface area (TPSA) is 154 Å². The van der Waals surface area contributed by atoms with Gasteiger partial charge in [0.1, 0.15) is 36.1 Å². The van der Waals surface area contributed by atoms with Crippen LogP contribution >= 0.6 is 46.4 Å². The van der Waals surface area contributed by atoms with Crippen molar-refractivity contribution in [2.45, 2.75) is 55.5 Å². The number of hydrogen-bond acceptors (Lipinski definition) is 13. The lowest BCUT2D eigenvalue weighted by Gasteiger charge is -2.54. The van der Waals surface area contributed by atoms with Gasteiger partial charge in [-0.25, -0.2) is 24.8 Å². The molecule has 5 aromatic rings. The lowest BCUT2D eigenvalue weighted by molar-refractivity contribution is -0.248. The molecule has 2 amide bonds. The van der Waals surface area contributed by atoms with E-state index in [0.717, 1.165) is 0 Å². The van der Waals surface area contributed by atoms with Crippen molar-refractivity contribution in [3.8, 4) is 5.75 Å². The van der Waals surface area contributed by atoms with Gasteiger partial charge in [0.25, 0.3) is 0 Å². The summed E-state index contributed by atoms with van der Waals surface area (Å²) in [5, 5.41) is 0. The molecule has 18 heteroatoms. The van der Waals surface area contributed by atoms with E-state index in [1.807, 2.05) is 48.5 Å². The van der Waals surface area contributed by atoms with Crippen LogP contribution in [0.25, 0.3) is 22.1 Å². The molecular weight excluding hydrogens is 896 g/mol. The fourth-order valence-electron chi connectivity index (χ4n) is 15.4. The lowest BCUT2D eigenvalue weighted by atomic mass is 9.42. The number of para-hydroxylation sites is 4. The minimum Gasteiger partial charge on any atom is -0.497 e. The number of rotatable bonds is 6. The van der Waals surface area contributed by atoms with Gasteiger partial charge in [-0.3, -0.25) is 9.59 Å². The van der Waals surface area contributed by atoms with Crippen LogP contribution in [0.15, 0.2) is 72.8 Å². The zero-order valence-corrected chi connectivity index (χ0v) is 37.0. The van der Waals surface area contributed by atoms with Crippen LogP contribution in [-0.4, -0.2) is 103 Å². The van der Waals surface area contributed by atoms with Crippen molar-refractivity contribution in [2.75, 3.05) is 40.4 Å². The van der Waals surface area contributed by atoms with Gasteiger partial charge < -0.3 is 33.2 Å². The molecule has 14 nitrogen and oxygen atoms in total. The molecule has 7 fully saturated rings. The van der Waals surface area contributed by atoms with Crippen LogP contribution in [0.5, 0.6) is 5.75 Å². The molecule has 63 heavy (non-hydrogen) atoms. The molecule has 7 heterocycles. The molecule has 3 aromatic carbocycles. The third-order valence-electron chi connectivity index (χ3n) is 17.0. The second kappa shape index (κ2) is 11.2. The Morgan fingerprint density at radius 3 is 1.06 bits per heavy atom. The SMILES string of the molecule is COc1ccc(N2C(=O)C34[C@@H]5O[C@@H]([C@@H]6[C@H]5[C@]5(Cl)c7nc8ccccc8nc7[C@@]6(Cl)C5(OC)OC)C3(C2=O)[C@@H]2O[C@H]4[C@@H]3[C@H]2[C@]2(Cl)c4nc5ccccc5nc4[C@@]3(Cl)C2(OC)OC)cc1. The number of carbonyl (C=O) groups excluding carboxylic acids is 2. The van der Waals surface area contributed by atoms with E-state index >= 15 is 9.59 Å². The Kier molecular flexibility index (Phi) is 6.86.